The summed E-state index contributed by atoms with van der Waals surface area (Å²) in [5.41, 5.74) is 2.03. The monoisotopic (exact) mass is 358 g/mol. The van der Waals surface area contributed by atoms with Gasteiger partial charge in [-0.05, 0) is 30.4 Å². The zero-order valence-corrected chi connectivity index (χ0v) is 15.9. The zero-order valence-electron chi connectivity index (χ0n) is 15.9. The Balaban J connectivity index is 1.66. The summed E-state index contributed by atoms with van der Waals surface area (Å²) in [4.78, 5) is 26.6. The van der Waals surface area contributed by atoms with Gasteiger partial charge in [-0.2, -0.15) is 0 Å². The minimum Gasteiger partial charge on any atom is -0.356 e. The van der Waals surface area contributed by atoms with Gasteiger partial charge < -0.3 is 15.0 Å². The second kappa shape index (κ2) is 8.67. The van der Waals surface area contributed by atoms with Crippen molar-refractivity contribution in [1.82, 2.24) is 10.2 Å². The lowest BCUT2D eigenvalue weighted by Gasteiger charge is -2.39. The van der Waals surface area contributed by atoms with Crippen LogP contribution in [0.5, 0.6) is 0 Å². The molecular weight excluding hydrogens is 328 g/mol. The van der Waals surface area contributed by atoms with E-state index in [2.05, 4.69) is 5.32 Å². The van der Waals surface area contributed by atoms with E-state index in [0.717, 1.165) is 23.5 Å². The minimum absolute atomic E-state index is 0.0421. The Morgan fingerprint density at radius 3 is 2.69 bits per heavy atom. The summed E-state index contributed by atoms with van der Waals surface area (Å²) in [6.45, 7) is 2.64. The number of likely N-dealkylation sites (N-methyl/N-ethyl adjacent to an activating group) is 1. The molecule has 1 aromatic rings. The smallest absolute Gasteiger partial charge is 0.251 e. The van der Waals surface area contributed by atoms with Crippen molar-refractivity contribution in [2.24, 2.45) is 5.92 Å². The first kappa shape index (κ1) is 18.9. The maximum Gasteiger partial charge on any atom is 0.251 e. The van der Waals surface area contributed by atoms with E-state index in [0.29, 0.717) is 6.54 Å². The number of rotatable bonds is 5. The number of amides is 2. The molecule has 2 fully saturated rings. The molecule has 1 aliphatic carbocycles. The second-order valence-corrected chi connectivity index (χ2v) is 7.62. The Kier molecular flexibility index (Phi) is 6.30. The minimum atomic E-state index is -0.662. The van der Waals surface area contributed by atoms with Crippen molar-refractivity contribution in [3.05, 3.63) is 35.4 Å². The zero-order chi connectivity index (χ0) is 18.5. The molecule has 1 aromatic carbocycles. The number of benzene rings is 1. The van der Waals surface area contributed by atoms with E-state index in [9.17, 15) is 9.59 Å². The average Bonchev–Trinajstić information content (AvgIpc) is 2.65. The van der Waals surface area contributed by atoms with Crippen molar-refractivity contribution in [1.29, 1.82) is 0 Å². The lowest BCUT2D eigenvalue weighted by Crippen LogP contribution is -2.53. The molecular formula is C21H30N2O3. The van der Waals surface area contributed by atoms with Gasteiger partial charge >= 0.3 is 0 Å². The van der Waals surface area contributed by atoms with Crippen LogP contribution in [0.15, 0.2) is 24.3 Å². The largest absolute Gasteiger partial charge is 0.356 e. The SMILES string of the molecule is Cc1ccccc1[C@@H]1[C@@H](C(=O)NCCC2CCCCC2)OCC(=O)N1C. The van der Waals surface area contributed by atoms with Crippen LogP contribution in [-0.2, 0) is 14.3 Å². The Morgan fingerprint density at radius 2 is 1.96 bits per heavy atom. The van der Waals surface area contributed by atoms with Gasteiger partial charge in [-0.25, -0.2) is 0 Å². The number of hydrogen-bond donors (Lipinski definition) is 1. The van der Waals surface area contributed by atoms with Gasteiger partial charge in [0.2, 0.25) is 5.91 Å². The van der Waals surface area contributed by atoms with Crippen LogP contribution < -0.4 is 5.32 Å². The molecule has 1 saturated heterocycles. The van der Waals surface area contributed by atoms with E-state index in [4.69, 9.17) is 4.74 Å². The van der Waals surface area contributed by atoms with E-state index in [-0.39, 0.29) is 24.5 Å². The Hall–Kier alpha value is -1.88. The van der Waals surface area contributed by atoms with Crippen LogP contribution in [0.4, 0.5) is 0 Å². The molecule has 1 N–H and O–H groups in total. The third-order valence-electron chi connectivity index (χ3n) is 5.83. The van der Waals surface area contributed by atoms with Crippen LogP contribution in [0.25, 0.3) is 0 Å². The van der Waals surface area contributed by atoms with Gasteiger partial charge in [0.05, 0.1) is 6.04 Å². The van der Waals surface area contributed by atoms with Gasteiger partial charge in [0.1, 0.15) is 6.61 Å². The summed E-state index contributed by atoms with van der Waals surface area (Å²) in [6.07, 6.45) is 6.89. The summed E-state index contributed by atoms with van der Waals surface area (Å²) >= 11 is 0. The first-order valence-corrected chi connectivity index (χ1v) is 9.78. The van der Waals surface area contributed by atoms with E-state index < -0.39 is 6.10 Å². The van der Waals surface area contributed by atoms with Gasteiger partial charge in [0.15, 0.2) is 6.10 Å². The van der Waals surface area contributed by atoms with E-state index in [1.54, 1.807) is 11.9 Å². The van der Waals surface area contributed by atoms with Crippen LogP contribution in [0.2, 0.25) is 0 Å². The highest BCUT2D eigenvalue weighted by atomic mass is 16.5. The van der Waals surface area contributed by atoms with Crippen molar-refractivity contribution in [2.45, 2.75) is 57.6 Å². The van der Waals surface area contributed by atoms with Crippen molar-refractivity contribution < 1.29 is 14.3 Å². The summed E-state index contributed by atoms with van der Waals surface area (Å²) in [5, 5.41) is 3.05. The molecule has 2 aliphatic rings. The number of carbonyl (C=O) groups is 2. The number of ether oxygens (including phenoxy) is 1. The fraction of sp³-hybridized carbons (Fsp3) is 0.619. The first-order valence-electron chi connectivity index (χ1n) is 9.78. The number of aryl methyl sites for hydroxylation is 1. The highest BCUT2D eigenvalue weighted by Gasteiger charge is 2.40. The summed E-state index contributed by atoms with van der Waals surface area (Å²) < 4.78 is 5.68. The van der Waals surface area contributed by atoms with E-state index >= 15 is 0 Å². The molecule has 0 spiro atoms. The molecule has 1 saturated carbocycles. The molecule has 0 bridgehead atoms. The fourth-order valence-corrected chi connectivity index (χ4v) is 4.20. The highest BCUT2D eigenvalue weighted by Crippen LogP contribution is 2.31. The lowest BCUT2D eigenvalue weighted by molar-refractivity contribution is -0.162. The Bertz CT molecular complexity index is 640. The van der Waals surface area contributed by atoms with E-state index in [1.807, 2.05) is 31.2 Å². The molecule has 3 rings (SSSR count). The lowest BCUT2D eigenvalue weighted by atomic mass is 9.87. The Morgan fingerprint density at radius 1 is 1.23 bits per heavy atom. The van der Waals surface area contributed by atoms with Crippen LogP contribution in [0.3, 0.4) is 0 Å². The standard InChI is InChI=1S/C21H30N2O3/c1-15-8-6-7-11-17(15)19-20(26-14-18(24)23(19)2)21(25)22-13-12-16-9-4-3-5-10-16/h6-8,11,16,19-20H,3-5,9-10,12-14H2,1-2H3,(H,22,25)/t19-,20+/m1/s1. The molecule has 0 unspecified atom stereocenters. The average molecular weight is 358 g/mol. The highest BCUT2D eigenvalue weighted by molar-refractivity contribution is 5.86. The number of hydrogen-bond acceptors (Lipinski definition) is 3. The summed E-state index contributed by atoms with van der Waals surface area (Å²) in [7, 11) is 1.75. The molecule has 0 radical (unpaired) electrons. The molecule has 26 heavy (non-hydrogen) atoms. The van der Waals surface area contributed by atoms with Gasteiger partial charge in [-0.1, -0.05) is 56.4 Å². The molecule has 2 atom stereocenters. The number of morpholine rings is 1. The van der Waals surface area contributed by atoms with Gasteiger partial charge in [0.25, 0.3) is 5.91 Å². The van der Waals surface area contributed by atoms with Crippen LogP contribution >= 0.6 is 0 Å². The van der Waals surface area contributed by atoms with Gasteiger partial charge in [-0.15, -0.1) is 0 Å². The molecule has 0 aromatic heterocycles. The number of carbonyl (C=O) groups excluding carboxylic acids is 2. The van der Waals surface area contributed by atoms with Crippen molar-refractivity contribution in [3.8, 4) is 0 Å². The van der Waals surface area contributed by atoms with E-state index in [1.165, 1.54) is 32.1 Å². The van der Waals surface area contributed by atoms with Crippen LogP contribution in [0, 0.1) is 12.8 Å². The first-order chi connectivity index (χ1) is 12.6. The van der Waals surface area contributed by atoms with Crippen molar-refractivity contribution in [3.63, 3.8) is 0 Å². The molecule has 5 heteroatoms. The third-order valence-corrected chi connectivity index (χ3v) is 5.83. The Labute approximate surface area is 156 Å². The quantitative estimate of drug-likeness (QED) is 0.880. The van der Waals surface area contributed by atoms with Crippen molar-refractivity contribution >= 4 is 11.8 Å². The third kappa shape index (κ3) is 4.26. The molecule has 1 heterocycles. The molecule has 5 nitrogen and oxygen atoms in total. The topological polar surface area (TPSA) is 58.6 Å². The van der Waals surface area contributed by atoms with Crippen LogP contribution in [-0.4, -0.2) is 43.0 Å². The fourth-order valence-electron chi connectivity index (χ4n) is 4.20. The van der Waals surface area contributed by atoms with Gasteiger partial charge in [-0.3, -0.25) is 9.59 Å². The number of nitrogens with one attached hydrogen (secondary N) is 1. The molecule has 142 valence electrons. The van der Waals surface area contributed by atoms with Crippen LogP contribution in [0.1, 0.15) is 55.7 Å². The summed E-state index contributed by atoms with van der Waals surface area (Å²) in [6, 6.07) is 7.49. The van der Waals surface area contributed by atoms with Gasteiger partial charge in [0, 0.05) is 13.6 Å². The van der Waals surface area contributed by atoms with Crippen molar-refractivity contribution in [2.75, 3.05) is 20.2 Å². The molecule has 1 aliphatic heterocycles. The second-order valence-electron chi connectivity index (χ2n) is 7.62. The maximum atomic E-state index is 12.8. The number of nitrogens with zero attached hydrogens (tertiary/aromatic N) is 1. The summed E-state index contributed by atoms with van der Waals surface area (Å²) in [5.74, 6) is 0.519. The predicted molar refractivity (Wildman–Crippen MR) is 101 cm³/mol. The predicted octanol–water partition coefficient (Wildman–Crippen LogP) is 2.98. The maximum absolute atomic E-state index is 12.8. The normalized spacial score (nSPS) is 24.5. The molecule has 2 amide bonds.